The Kier molecular flexibility index (Phi) is 6.75. The van der Waals surface area contributed by atoms with E-state index in [2.05, 4.69) is 29.8 Å². The van der Waals surface area contributed by atoms with E-state index in [0.29, 0.717) is 29.9 Å². The Bertz CT molecular complexity index is 768. The van der Waals surface area contributed by atoms with E-state index in [1.165, 1.54) is 11.1 Å². The van der Waals surface area contributed by atoms with Crippen molar-refractivity contribution >= 4 is 29.9 Å². The number of hydrogen-bond acceptors (Lipinski definition) is 1. The summed E-state index contributed by atoms with van der Waals surface area (Å²) in [4.78, 5) is 0. The van der Waals surface area contributed by atoms with Gasteiger partial charge in [-0.15, -0.1) is 0 Å². The first kappa shape index (κ1) is 19.4. The van der Waals surface area contributed by atoms with Gasteiger partial charge in [0, 0.05) is 0 Å². The van der Waals surface area contributed by atoms with E-state index in [4.69, 9.17) is 0 Å². The van der Waals surface area contributed by atoms with Crippen LogP contribution in [0.15, 0.2) is 78.9 Å². The van der Waals surface area contributed by atoms with Crippen LogP contribution in [0.4, 0.5) is 0 Å². The van der Waals surface area contributed by atoms with E-state index < -0.39 is 5.60 Å². The summed E-state index contributed by atoms with van der Waals surface area (Å²) in [7, 11) is 0. The SMILES string of the molecule is C[Se]Cc1cccc(C[Se]C)c1C(O)(c1ccccc1)c1ccccc1. The molecule has 0 spiro atoms. The van der Waals surface area contributed by atoms with E-state index in [1.807, 2.05) is 60.7 Å². The number of benzene rings is 3. The molecule has 0 amide bonds. The van der Waals surface area contributed by atoms with Crippen LogP contribution in [0.1, 0.15) is 27.8 Å². The van der Waals surface area contributed by atoms with Crippen molar-refractivity contribution in [2.45, 2.75) is 27.9 Å². The van der Waals surface area contributed by atoms with Gasteiger partial charge < -0.3 is 0 Å². The minimum absolute atomic E-state index is 0.513. The molecule has 3 heteroatoms. The van der Waals surface area contributed by atoms with Crippen LogP contribution in [0, 0.1) is 0 Å². The van der Waals surface area contributed by atoms with E-state index in [-0.39, 0.29) is 0 Å². The van der Waals surface area contributed by atoms with Crippen molar-refractivity contribution in [2.24, 2.45) is 0 Å². The van der Waals surface area contributed by atoms with Gasteiger partial charge in [-0.3, -0.25) is 0 Å². The second kappa shape index (κ2) is 9.04. The molecule has 0 aromatic heterocycles. The predicted molar refractivity (Wildman–Crippen MR) is 112 cm³/mol. The van der Waals surface area contributed by atoms with E-state index >= 15 is 0 Å². The number of aliphatic hydroxyl groups is 1. The summed E-state index contributed by atoms with van der Waals surface area (Å²) in [6.45, 7) is 0. The van der Waals surface area contributed by atoms with Crippen molar-refractivity contribution in [3.63, 3.8) is 0 Å². The molecule has 0 saturated carbocycles. The molecule has 0 heterocycles. The fraction of sp³-hybridized carbons (Fsp3) is 0.217. The molecule has 0 fully saturated rings. The average Bonchev–Trinajstić information content (AvgIpc) is 2.69. The fourth-order valence-corrected chi connectivity index (χ4v) is 5.80. The summed E-state index contributed by atoms with van der Waals surface area (Å²) >= 11 is 1.03. The zero-order chi connectivity index (χ0) is 18.4. The monoisotopic (exact) mass is 476 g/mol. The second-order valence-electron chi connectivity index (χ2n) is 6.26. The number of hydrogen-bond donors (Lipinski definition) is 1. The predicted octanol–water partition coefficient (Wildman–Crippen LogP) is 4.48. The van der Waals surface area contributed by atoms with Gasteiger partial charge >= 0.3 is 170 Å². The maximum atomic E-state index is 12.3. The zero-order valence-corrected chi connectivity index (χ0v) is 18.6. The molecule has 0 atom stereocenters. The van der Waals surface area contributed by atoms with Crippen molar-refractivity contribution in [1.29, 1.82) is 0 Å². The molecule has 0 aliphatic rings. The molecule has 26 heavy (non-hydrogen) atoms. The molecule has 0 aliphatic carbocycles. The zero-order valence-electron chi connectivity index (χ0n) is 15.2. The van der Waals surface area contributed by atoms with Crippen LogP contribution < -0.4 is 0 Å². The van der Waals surface area contributed by atoms with Gasteiger partial charge in [0.15, 0.2) is 0 Å². The molecule has 0 radical (unpaired) electrons. The van der Waals surface area contributed by atoms with Crippen molar-refractivity contribution in [3.05, 3.63) is 107 Å². The normalized spacial score (nSPS) is 11.5. The van der Waals surface area contributed by atoms with Crippen LogP contribution in [0.25, 0.3) is 0 Å². The molecular weight excluding hydrogens is 450 g/mol. The van der Waals surface area contributed by atoms with Crippen LogP contribution in [-0.4, -0.2) is 35.0 Å². The van der Waals surface area contributed by atoms with Crippen LogP contribution in [-0.2, 0) is 16.2 Å². The molecular formula is C23H24OSe2. The Balaban J connectivity index is 2.33. The Labute approximate surface area is 169 Å². The standard InChI is InChI=1S/C23H24OSe2/c1-25-16-18-10-9-11-19(17-26-2)22(18)23(24,20-12-5-3-6-13-20)21-14-7-4-8-15-21/h3-15,24H,16-17H2,1-2H3. The molecule has 1 nitrogen and oxygen atoms in total. The fourth-order valence-electron chi connectivity index (χ4n) is 3.48. The van der Waals surface area contributed by atoms with E-state index in [9.17, 15) is 5.11 Å². The minimum atomic E-state index is -1.12. The average molecular weight is 474 g/mol. The Morgan fingerprint density at radius 1 is 0.654 bits per heavy atom. The van der Waals surface area contributed by atoms with Crippen molar-refractivity contribution in [3.8, 4) is 0 Å². The van der Waals surface area contributed by atoms with Gasteiger partial charge in [0.05, 0.1) is 0 Å². The first-order chi connectivity index (χ1) is 12.7. The van der Waals surface area contributed by atoms with Gasteiger partial charge in [-0.2, -0.15) is 0 Å². The van der Waals surface area contributed by atoms with Gasteiger partial charge in [0.2, 0.25) is 0 Å². The molecule has 1 N–H and O–H groups in total. The quantitative estimate of drug-likeness (QED) is 0.396. The summed E-state index contributed by atoms with van der Waals surface area (Å²) < 4.78 is 0. The third kappa shape index (κ3) is 3.83. The molecule has 0 aliphatic heterocycles. The second-order valence-corrected chi connectivity index (χ2v) is 9.89. The van der Waals surface area contributed by atoms with Gasteiger partial charge in [-0.1, -0.05) is 0 Å². The number of rotatable bonds is 7. The van der Waals surface area contributed by atoms with Crippen molar-refractivity contribution < 1.29 is 5.11 Å². The first-order valence-corrected chi connectivity index (χ1v) is 14.5. The molecule has 3 aromatic carbocycles. The van der Waals surface area contributed by atoms with Crippen LogP contribution in [0.5, 0.6) is 0 Å². The van der Waals surface area contributed by atoms with Gasteiger partial charge in [0.25, 0.3) is 0 Å². The molecule has 0 bridgehead atoms. The molecule has 0 unspecified atom stereocenters. The van der Waals surface area contributed by atoms with Gasteiger partial charge in [-0.05, 0) is 0 Å². The summed E-state index contributed by atoms with van der Waals surface area (Å²) in [5.74, 6) is 4.52. The van der Waals surface area contributed by atoms with Crippen LogP contribution in [0.3, 0.4) is 0 Å². The van der Waals surface area contributed by atoms with Crippen molar-refractivity contribution in [2.75, 3.05) is 0 Å². The summed E-state index contributed by atoms with van der Waals surface area (Å²) in [6.07, 6.45) is 0. The van der Waals surface area contributed by atoms with E-state index in [0.717, 1.165) is 27.3 Å². The topological polar surface area (TPSA) is 20.2 Å². The summed E-state index contributed by atoms with van der Waals surface area (Å²) in [5, 5.41) is 14.3. The Morgan fingerprint density at radius 3 is 1.46 bits per heavy atom. The maximum absolute atomic E-state index is 12.3. The van der Waals surface area contributed by atoms with Crippen molar-refractivity contribution in [1.82, 2.24) is 0 Å². The Hall–Kier alpha value is -1.34. The van der Waals surface area contributed by atoms with Gasteiger partial charge in [0.1, 0.15) is 0 Å². The van der Waals surface area contributed by atoms with Crippen LogP contribution in [0.2, 0.25) is 11.6 Å². The molecule has 0 saturated heterocycles. The first-order valence-electron chi connectivity index (χ1n) is 8.64. The third-order valence-corrected chi connectivity index (χ3v) is 7.10. The molecule has 3 rings (SSSR count). The van der Waals surface area contributed by atoms with E-state index in [1.54, 1.807) is 0 Å². The third-order valence-electron chi connectivity index (χ3n) is 4.58. The van der Waals surface area contributed by atoms with Crippen LogP contribution >= 0.6 is 0 Å². The summed E-state index contributed by atoms with van der Waals surface area (Å²) in [6, 6.07) is 26.8. The summed E-state index contributed by atoms with van der Waals surface area (Å²) in [5.41, 5.74) is 4.42. The van der Waals surface area contributed by atoms with Gasteiger partial charge in [-0.25, -0.2) is 0 Å². The Morgan fingerprint density at radius 2 is 1.08 bits per heavy atom. The molecule has 134 valence electrons. The molecule has 3 aromatic rings.